The summed E-state index contributed by atoms with van der Waals surface area (Å²) in [5.41, 5.74) is 15.5. The van der Waals surface area contributed by atoms with Crippen LogP contribution in [0.5, 0.6) is 0 Å². The molecule has 0 saturated heterocycles. The molecule has 0 aliphatic carbocycles. The zero-order valence-electron chi connectivity index (χ0n) is 9.88. The third kappa shape index (κ3) is 1.96. The molecule has 3 aromatic rings. The van der Waals surface area contributed by atoms with Crippen molar-refractivity contribution in [1.29, 1.82) is 0 Å². The normalized spacial score (nSPS) is 10.1. The van der Waals surface area contributed by atoms with Crippen LogP contribution in [0.15, 0.2) is 36.4 Å². The molecule has 4 N–H and O–H groups in total. The van der Waals surface area contributed by atoms with E-state index in [9.17, 15) is 0 Å². The number of halogens is 2. The van der Waals surface area contributed by atoms with E-state index in [4.69, 9.17) is 11.5 Å². The first-order valence-corrected chi connectivity index (χ1v) is 5.20. The molecule has 18 heavy (non-hydrogen) atoms. The van der Waals surface area contributed by atoms with Crippen molar-refractivity contribution in [3.05, 3.63) is 36.4 Å². The lowest BCUT2D eigenvalue weighted by molar-refractivity contribution is 1.01. The zero-order valence-corrected chi connectivity index (χ0v) is 11.5. The molecule has 0 atom stereocenters. The van der Waals surface area contributed by atoms with E-state index in [-0.39, 0.29) is 24.8 Å². The molecular formula is C13H15Cl2N3. The van der Waals surface area contributed by atoms with Gasteiger partial charge >= 0.3 is 0 Å². The standard InChI is InChI=1S/C13H13N3.2ClH/c1-16-12-6-8(14)2-4-10(12)11-5-3-9(15)7-13(11)16;;/h2-7H,14-15H2,1H3;2*1H. The van der Waals surface area contributed by atoms with E-state index in [0.717, 1.165) is 22.4 Å². The van der Waals surface area contributed by atoms with Gasteiger partial charge in [0.1, 0.15) is 0 Å². The highest BCUT2D eigenvalue weighted by Gasteiger charge is 2.07. The summed E-state index contributed by atoms with van der Waals surface area (Å²) in [6, 6.07) is 12.0. The number of aryl methyl sites for hydroxylation is 1. The summed E-state index contributed by atoms with van der Waals surface area (Å²) in [6.45, 7) is 0. The molecule has 0 spiro atoms. The average molecular weight is 284 g/mol. The van der Waals surface area contributed by atoms with Crippen molar-refractivity contribution in [3.8, 4) is 0 Å². The van der Waals surface area contributed by atoms with Gasteiger partial charge in [0.05, 0.1) is 11.0 Å². The van der Waals surface area contributed by atoms with Crippen LogP contribution >= 0.6 is 24.8 Å². The summed E-state index contributed by atoms with van der Waals surface area (Å²) in [7, 11) is 2.03. The number of hydrogen-bond donors (Lipinski definition) is 2. The molecular weight excluding hydrogens is 269 g/mol. The van der Waals surface area contributed by atoms with Crippen molar-refractivity contribution in [1.82, 2.24) is 4.57 Å². The molecule has 0 amide bonds. The van der Waals surface area contributed by atoms with Crippen molar-refractivity contribution >= 4 is 58.0 Å². The van der Waals surface area contributed by atoms with Crippen molar-refractivity contribution in [2.75, 3.05) is 11.5 Å². The first-order valence-electron chi connectivity index (χ1n) is 5.20. The number of hydrogen-bond acceptors (Lipinski definition) is 2. The van der Waals surface area contributed by atoms with Crippen LogP contribution in [0.4, 0.5) is 11.4 Å². The summed E-state index contributed by atoms with van der Waals surface area (Å²) in [6.07, 6.45) is 0. The lowest BCUT2D eigenvalue weighted by Gasteiger charge is -1.99. The van der Waals surface area contributed by atoms with Gasteiger partial charge in [0.15, 0.2) is 0 Å². The topological polar surface area (TPSA) is 57.0 Å². The maximum Gasteiger partial charge on any atom is 0.0509 e. The Balaban J connectivity index is 0.000000810. The molecule has 1 heterocycles. The van der Waals surface area contributed by atoms with Crippen LogP contribution in [0, 0.1) is 0 Å². The first kappa shape index (κ1) is 14.5. The molecule has 3 nitrogen and oxygen atoms in total. The van der Waals surface area contributed by atoms with E-state index < -0.39 is 0 Å². The highest BCUT2D eigenvalue weighted by atomic mass is 35.5. The molecule has 0 unspecified atom stereocenters. The quantitative estimate of drug-likeness (QED) is 0.622. The minimum atomic E-state index is 0. The molecule has 1 aromatic heterocycles. The number of nitrogen functional groups attached to an aromatic ring is 2. The third-order valence-corrected chi connectivity index (χ3v) is 3.06. The summed E-state index contributed by atoms with van der Waals surface area (Å²) in [5, 5.41) is 2.43. The first-order chi connectivity index (χ1) is 7.66. The van der Waals surface area contributed by atoms with Crippen LogP contribution < -0.4 is 11.5 Å². The number of fused-ring (bicyclic) bond motifs is 3. The lowest BCUT2D eigenvalue weighted by Crippen LogP contribution is -1.90. The Morgan fingerprint density at radius 1 is 0.778 bits per heavy atom. The van der Waals surface area contributed by atoms with E-state index in [2.05, 4.69) is 16.7 Å². The number of anilines is 2. The number of benzene rings is 2. The fraction of sp³-hybridized carbons (Fsp3) is 0.0769. The molecule has 0 saturated carbocycles. The van der Waals surface area contributed by atoms with Gasteiger partial charge in [-0.1, -0.05) is 12.1 Å². The molecule has 3 rings (SSSR count). The minimum absolute atomic E-state index is 0. The zero-order chi connectivity index (χ0) is 11.3. The van der Waals surface area contributed by atoms with E-state index in [0.29, 0.717) is 0 Å². The summed E-state index contributed by atoms with van der Waals surface area (Å²) < 4.78 is 2.12. The summed E-state index contributed by atoms with van der Waals surface area (Å²) >= 11 is 0. The van der Waals surface area contributed by atoms with Gasteiger partial charge in [0, 0.05) is 29.2 Å². The van der Waals surface area contributed by atoms with Crippen molar-refractivity contribution in [2.24, 2.45) is 7.05 Å². The van der Waals surface area contributed by atoms with Gasteiger partial charge in [-0.05, 0) is 24.3 Å². The molecule has 2 aromatic carbocycles. The van der Waals surface area contributed by atoms with Gasteiger partial charge in [0.25, 0.3) is 0 Å². The monoisotopic (exact) mass is 283 g/mol. The van der Waals surface area contributed by atoms with Crippen LogP contribution in [0.2, 0.25) is 0 Å². The van der Waals surface area contributed by atoms with E-state index in [1.165, 1.54) is 10.8 Å². The predicted octanol–water partition coefficient (Wildman–Crippen LogP) is 3.34. The Hall–Kier alpha value is -1.58. The molecule has 5 heteroatoms. The largest absolute Gasteiger partial charge is 0.399 e. The van der Waals surface area contributed by atoms with E-state index in [1.54, 1.807) is 0 Å². The summed E-state index contributed by atoms with van der Waals surface area (Å²) in [5.74, 6) is 0. The molecule has 0 aliphatic heterocycles. The Bertz CT molecular complexity index is 645. The molecule has 0 bridgehead atoms. The Kier molecular flexibility index (Phi) is 3.99. The van der Waals surface area contributed by atoms with Crippen LogP contribution in [-0.2, 0) is 7.05 Å². The SMILES string of the molecule is Cl.Cl.Cn1c2cc(N)ccc2c2ccc(N)cc21. The molecule has 0 radical (unpaired) electrons. The lowest BCUT2D eigenvalue weighted by atomic mass is 10.1. The molecule has 0 aliphatic rings. The van der Waals surface area contributed by atoms with Crippen LogP contribution in [0.3, 0.4) is 0 Å². The van der Waals surface area contributed by atoms with Gasteiger partial charge in [-0.2, -0.15) is 0 Å². The second-order valence-corrected chi connectivity index (χ2v) is 4.11. The molecule has 96 valence electrons. The van der Waals surface area contributed by atoms with Crippen LogP contribution in [-0.4, -0.2) is 4.57 Å². The minimum Gasteiger partial charge on any atom is -0.399 e. The van der Waals surface area contributed by atoms with E-state index >= 15 is 0 Å². The van der Waals surface area contributed by atoms with Crippen molar-refractivity contribution in [3.63, 3.8) is 0 Å². The average Bonchev–Trinajstić information content (AvgIpc) is 2.53. The van der Waals surface area contributed by atoms with Crippen LogP contribution in [0.25, 0.3) is 21.8 Å². The van der Waals surface area contributed by atoms with E-state index in [1.807, 2.05) is 31.3 Å². The van der Waals surface area contributed by atoms with Crippen molar-refractivity contribution in [2.45, 2.75) is 0 Å². The van der Waals surface area contributed by atoms with Crippen molar-refractivity contribution < 1.29 is 0 Å². The Labute approximate surface area is 118 Å². The van der Waals surface area contributed by atoms with Gasteiger partial charge in [-0.15, -0.1) is 24.8 Å². The maximum absolute atomic E-state index is 5.81. The maximum atomic E-state index is 5.81. The smallest absolute Gasteiger partial charge is 0.0509 e. The predicted molar refractivity (Wildman–Crippen MR) is 83.7 cm³/mol. The van der Waals surface area contributed by atoms with Gasteiger partial charge < -0.3 is 16.0 Å². The number of rotatable bonds is 0. The third-order valence-electron chi connectivity index (χ3n) is 3.06. The second-order valence-electron chi connectivity index (χ2n) is 4.11. The van der Waals surface area contributed by atoms with Crippen LogP contribution in [0.1, 0.15) is 0 Å². The fourth-order valence-electron chi connectivity index (χ4n) is 2.24. The second kappa shape index (κ2) is 4.96. The molecule has 0 fully saturated rings. The Morgan fingerprint density at radius 2 is 1.17 bits per heavy atom. The number of aromatic nitrogens is 1. The Morgan fingerprint density at radius 3 is 1.56 bits per heavy atom. The summed E-state index contributed by atoms with van der Waals surface area (Å²) in [4.78, 5) is 0. The van der Waals surface area contributed by atoms with Gasteiger partial charge in [0.2, 0.25) is 0 Å². The van der Waals surface area contributed by atoms with Gasteiger partial charge in [-0.25, -0.2) is 0 Å². The highest BCUT2D eigenvalue weighted by Crippen LogP contribution is 2.30. The highest BCUT2D eigenvalue weighted by molar-refractivity contribution is 6.09. The fourth-order valence-corrected chi connectivity index (χ4v) is 2.24. The number of nitrogens with two attached hydrogens (primary N) is 2. The van der Waals surface area contributed by atoms with Gasteiger partial charge in [-0.3, -0.25) is 0 Å². The number of nitrogens with zero attached hydrogens (tertiary/aromatic N) is 1.